The topological polar surface area (TPSA) is 129 Å². The van der Waals surface area contributed by atoms with Crippen LogP contribution in [0.5, 0.6) is 0 Å². The van der Waals surface area contributed by atoms with Crippen LogP contribution in [0, 0.1) is 6.92 Å². The molecular weight excluding hydrogens is 408 g/mol. The Hall–Kier alpha value is -4.07. The Bertz CT molecular complexity index is 1150. The van der Waals surface area contributed by atoms with E-state index in [1.54, 1.807) is 31.2 Å². The molecule has 2 aromatic carbocycles. The molecular formula is C24H26N4O4. The molecule has 0 aliphatic heterocycles. The molecule has 0 unspecified atom stereocenters. The summed E-state index contributed by atoms with van der Waals surface area (Å²) in [5.41, 5.74) is 16.1. The molecule has 0 saturated heterocycles. The lowest BCUT2D eigenvalue weighted by molar-refractivity contribution is -0.143. The van der Waals surface area contributed by atoms with Crippen LogP contribution < -0.4 is 16.8 Å². The summed E-state index contributed by atoms with van der Waals surface area (Å²) in [6, 6.07) is 15.9. The Morgan fingerprint density at radius 2 is 1.72 bits per heavy atom. The lowest BCUT2D eigenvalue weighted by Crippen LogP contribution is -2.19. The number of ether oxygens (including phenoxy) is 1. The van der Waals surface area contributed by atoms with Gasteiger partial charge in [0.05, 0.1) is 18.7 Å². The first-order chi connectivity index (χ1) is 15.3. The highest BCUT2D eigenvalue weighted by atomic mass is 16.5. The zero-order valence-electron chi connectivity index (χ0n) is 18.1. The minimum Gasteiger partial charge on any atom is -0.466 e. The third-order valence-electron chi connectivity index (χ3n) is 5.02. The number of benzene rings is 2. The molecule has 0 fully saturated rings. The SMILES string of the molecule is CCOC(=O)CCc1ccc(-c2ccc(NC(N)=O)cc2)n1-c1ccc(C(N)=O)cc1C. The highest BCUT2D eigenvalue weighted by molar-refractivity contribution is 5.93. The number of rotatable bonds is 8. The van der Waals surface area contributed by atoms with Gasteiger partial charge in [-0.15, -0.1) is 0 Å². The Labute approximate surface area is 186 Å². The lowest BCUT2D eigenvalue weighted by atomic mass is 10.1. The second-order valence-electron chi connectivity index (χ2n) is 7.28. The Morgan fingerprint density at radius 1 is 1.00 bits per heavy atom. The first-order valence-corrected chi connectivity index (χ1v) is 10.2. The van der Waals surface area contributed by atoms with Crippen LogP contribution in [-0.2, 0) is 16.0 Å². The van der Waals surface area contributed by atoms with Gasteiger partial charge in [-0.2, -0.15) is 0 Å². The monoisotopic (exact) mass is 434 g/mol. The molecule has 3 rings (SSSR count). The predicted molar refractivity (Wildman–Crippen MR) is 123 cm³/mol. The summed E-state index contributed by atoms with van der Waals surface area (Å²) in [5, 5.41) is 2.54. The maximum atomic E-state index is 11.9. The molecule has 1 aromatic heterocycles. The number of amides is 3. The van der Waals surface area contributed by atoms with Crippen LogP contribution in [0.2, 0.25) is 0 Å². The van der Waals surface area contributed by atoms with Crippen LogP contribution in [0.4, 0.5) is 10.5 Å². The van der Waals surface area contributed by atoms with E-state index in [1.165, 1.54) is 0 Å². The normalized spacial score (nSPS) is 10.6. The average molecular weight is 434 g/mol. The van der Waals surface area contributed by atoms with Crippen molar-refractivity contribution in [1.29, 1.82) is 0 Å². The molecule has 8 heteroatoms. The second-order valence-corrected chi connectivity index (χ2v) is 7.28. The fourth-order valence-corrected chi connectivity index (χ4v) is 3.57. The van der Waals surface area contributed by atoms with Crippen molar-refractivity contribution in [3.05, 3.63) is 71.4 Å². The van der Waals surface area contributed by atoms with E-state index >= 15 is 0 Å². The van der Waals surface area contributed by atoms with Crippen molar-refractivity contribution >= 4 is 23.6 Å². The van der Waals surface area contributed by atoms with Gasteiger partial charge in [0.1, 0.15) is 0 Å². The fourth-order valence-electron chi connectivity index (χ4n) is 3.57. The molecule has 32 heavy (non-hydrogen) atoms. The number of carbonyl (C=O) groups is 3. The van der Waals surface area contributed by atoms with Crippen LogP contribution in [0.3, 0.4) is 0 Å². The van der Waals surface area contributed by atoms with Crippen LogP contribution >= 0.6 is 0 Å². The molecule has 5 N–H and O–H groups in total. The molecule has 8 nitrogen and oxygen atoms in total. The van der Waals surface area contributed by atoms with Crippen molar-refractivity contribution in [1.82, 2.24) is 4.57 Å². The molecule has 3 aromatic rings. The van der Waals surface area contributed by atoms with E-state index in [0.29, 0.717) is 24.3 Å². The standard InChI is InChI=1S/C24H26N4O4/c1-3-32-22(29)13-10-19-9-12-21(16-4-7-18(8-5-16)27-24(26)31)28(19)20-11-6-17(23(25)30)14-15(20)2/h4-9,11-12,14H,3,10,13H2,1-2H3,(H2,25,30)(H3,26,27,31). The number of nitrogens with two attached hydrogens (primary N) is 2. The number of aryl methyl sites for hydroxylation is 2. The number of hydrogen-bond donors (Lipinski definition) is 3. The van der Waals surface area contributed by atoms with Crippen LogP contribution in [0.25, 0.3) is 16.9 Å². The van der Waals surface area contributed by atoms with Crippen molar-refractivity contribution < 1.29 is 19.1 Å². The minimum atomic E-state index is -0.632. The molecule has 0 aliphatic carbocycles. The van der Waals surface area contributed by atoms with Crippen LogP contribution in [-0.4, -0.2) is 29.1 Å². The fraction of sp³-hybridized carbons (Fsp3) is 0.208. The largest absolute Gasteiger partial charge is 0.466 e. The van der Waals surface area contributed by atoms with Gasteiger partial charge in [-0.25, -0.2) is 4.79 Å². The third-order valence-corrected chi connectivity index (χ3v) is 5.02. The molecule has 1 heterocycles. The molecule has 0 spiro atoms. The summed E-state index contributed by atoms with van der Waals surface area (Å²) >= 11 is 0. The lowest BCUT2D eigenvalue weighted by Gasteiger charge is -2.17. The maximum Gasteiger partial charge on any atom is 0.316 e. The zero-order chi connectivity index (χ0) is 23.3. The van der Waals surface area contributed by atoms with E-state index in [4.69, 9.17) is 16.2 Å². The summed E-state index contributed by atoms with van der Waals surface area (Å²) < 4.78 is 7.12. The Kier molecular flexibility index (Phi) is 6.94. The summed E-state index contributed by atoms with van der Waals surface area (Å²) in [4.78, 5) is 34.6. The quantitative estimate of drug-likeness (QED) is 0.468. The summed E-state index contributed by atoms with van der Waals surface area (Å²) in [6.45, 7) is 4.02. The first kappa shape index (κ1) is 22.6. The van der Waals surface area contributed by atoms with E-state index in [9.17, 15) is 14.4 Å². The first-order valence-electron chi connectivity index (χ1n) is 10.2. The maximum absolute atomic E-state index is 11.9. The van der Waals surface area contributed by atoms with Gasteiger partial charge in [-0.3, -0.25) is 9.59 Å². The Balaban J connectivity index is 2.05. The van der Waals surface area contributed by atoms with Gasteiger partial charge in [0.15, 0.2) is 0 Å². The van der Waals surface area contributed by atoms with Crippen LogP contribution in [0.15, 0.2) is 54.6 Å². The van der Waals surface area contributed by atoms with E-state index in [-0.39, 0.29) is 12.4 Å². The molecule has 0 radical (unpaired) electrons. The van der Waals surface area contributed by atoms with Gasteiger partial charge >= 0.3 is 12.0 Å². The van der Waals surface area contributed by atoms with Crippen molar-refractivity contribution in [3.63, 3.8) is 0 Å². The smallest absolute Gasteiger partial charge is 0.316 e. The summed E-state index contributed by atoms with van der Waals surface area (Å²) in [5.74, 6) is -0.753. The van der Waals surface area contributed by atoms with Gasteiger partial charge in [0.25, 0.3) is 0 Å². The number of primary amides is 2. The van der Waals surface area contributed by atoms with Gasteiger partial charge in [0, 0.05) is 22.6 Å². The van der Waals surface area contributed by atoms with Gasteiger partial charge < -0.3 is 26.1 Å². The summed E-state index contributed by atoms with van der Waals surface area (Å²) in [7, 11) is 0. The minimum absolute atomic E-state index is 0.247. The van der Waals surface area contributed by atoms with Crippen molar-refractivity contribution in [2.45, 2.75) is 26.7 Å². The highest BCUT2D eigenvalue weighted by Gasteiger charge is 2.16. The van der Waals surface area contributed by atoms with Crippen molar-refractivity contribution in [2.75, 3.05) is 11.9 Å². The number of nitrogens with one attached hydrogen (secondary N) is 1. The van der Waals surface area contributed by atoms with Gasteiger partial charge in [0.2, 0.25) is 5.91 Å². The number of nitrogens with zero attached hydrogens (tertiary/aromatic N) is 1. The van der Waals surface area contributed by atoms with E-state index < -0.39 is 11.9 Å². The molecule has 0 saturated carbocycles. The van der Waals surface area contributed by atoms with E-state index in [2.05, 4.69) is 9.88 Å². The average Bonchev–Trinajstić information content (AvgIpc) is 3.16. The summed E-state index contributed by atoms with van der Waals surface area (Å²) in [6.07, 6.45) is 0.730. The number of hydrogen-bond acceptors (Lipinski definition) is 4. The molecule has 0 bridgehead atoms. The van der Waals surface area contributed by atoms with Gasteiger partial charge in [-0.05, 0) is 73.9 Å². The highest BCUT2D eigenvalue weighted by Crippen LogP contribution is 2.30. The number of esters is 1. The third kappa shape index (κ3) is 5.15. The van der Waals surface area contributed by atoms with E-state index in [1.807, 2.05) is 37.3 Å². The molecule has 166 valence electrons. The predicted octanol–water partition coefficient (Wildman–Crippen LogP) is 3.54. The van der Waals surface area contributed by atoms with Crippen LogP contribution in [0.1, 0.15) is 35.0 Å². The number of urea groups is 1. The molecule has 3 amide bonds. The second kappa shape index (κ2) is 9.82. The van der Waals surface area contributed by atoms with Gasteiger partial charge in [-0.1, -0.05) is 12.1 Å². The van der Waals surface area contributed by atoms with Crippen molar-refractivity contribution in [3.8, 4) is 16.9 Å². The molecule has 0 atom stereocenters. The molecule has 0 aliphatic rings. The number of anilines is 1. The number of aromatic nitrogens is 1. The zero-order valence-corrected chi connectivity index (χ0v) is 18.1. The van der Waals surface area contributed by atoms with E-state index in [0.717, 1.165) is 28.2 Å². The van der Waals surface area contributed by atoms with Crippen molar-refractivity contribution in [2.24, 2.45) is 11.5 Å². The Morgan fingerprint density at radius 3 is 2.31 bits per heavy atom. The number of carbonyl (C=O) groups excluding carboxylic acids is 3.